The van der Waals surface area contributed by atoms with Gasteiger partial charge in [0, 0.05) is 61.1 Å². The van der Waals surface area contributed by atoms with E-state index in [-0.39, 0.29) is 5.91 Å². The van der Waals surface area contributed by atoms with Gasteiger partial charge >= 0.3 is 0 Å². The molecule has 5 nitrogen and oxygen atoms in total. The van der Waals surface area contributed by atoms with E-state index < -0.39 is 0 Å². The van der Waals surface area contributed by atoms with Crippen molar-refractivity contribution in [3.05, 3.63) is 88.9 Å². The highest BCUT2D eigenvalue weighted by Crippen LogP contribution is 2.32. The lowest BCUT2D eigenvalue weighted by Crippen LogP contribution is -2.47. The van der Waals surface area contributed by atoms with Gasteiger partial charge in [-0.15, -0.1) is 0 Å². The van der Waals surface area contributed by atoms with Crippen LogP contribution in [-0.4, -0.2) is 74.6 Å². The molecule has 0 aromatic heterocycles. The monoisotopic (exact) mass is 530 g/mol. The Bertz CT molecular complexity index is 1180. The van der Waals surface area contributed by atoms with E-state index >= 15 is 0 Å². The summed E-state index contributed by atoms with van der Waals surface area (Å²) in [6.07, 6.45) is 4.65. The van der Waals surface area contributed by atoms with Crippen molar-refractivity contribution in [1.29, 1.82) is 0 Å². The number of carbonyl (C=O) groups is 1. The van der Waals surface area contributed by atoms with Crippen LogP contribution >= 0.6 is 11.6 Å². The maximum atomic E-state index is 12.9. The molecule has 0 unspecified atom stereocenters. The molecule has 6 heteroatoms. The van der Waals surface area contributed by atoms with Gasteiger partial charge in [-0.2, -0.15) is 0 Å². The Morgan fingerprint density at radius 3 is 2.32 bits per heavy atom. The second kappa shape index (κ2) is 13.3. The van der Waals surface area contributed by atoms with Gasteiger partial charge in [-0.1, -0.05) is 54.1 Å². The first kappa shape index (κ1) is 26.7. The molecule has 0 bridgehead atoms. The Hall–Kier alpha value is -2.86. The molecule has 2 saturated heterocycles. The summed E-state index contributed by atoms with van der Waals surface area (Å²) in [5.74, 6) is 0.0139. The molecule has 1 N–H and O–H groups in total. The van der Waals surface area contributed by atoms with Crippen LogP contribution in [0.1, 0.15) is 35.2 Å². The van der Waals surface area contributed by atoms with E-state index in [2.05, 4.69) is 62.5 Å². The number of benzene rings is 3. The fraction of sp³-hybridized carbons (Fsp3) is 0.406. The summed E-state index contributed by atoms with van der Waals surface area (Å²) in [6, 6.07) is 24.9. The molecule has 2 heterocycles. The van der Waals surface area contributed by atoms with Crippen LogP contribution in [-0.2, 0) is 6.42 Å². The summed E-state index contributed by atoms with van der Waals surface area (Å²) in [4.78, 5) is 20.4. The van der Waals surface area contributed by atoms with Gasteiger partial charge in [0.05, 0.1) is 0 Å². The van der Waals surface area contributed by atoms with Crippen LogP contribution in [0.2, 0.25) is 5.02 Å². The van der Waals surface area contributed by atoms with Crippen molar-refractivity contribution in [2.45, 2.75) is 25.7 Å². The Labute approximate surface area is 232 Å². The van der Waals surface area contributed by atoms with Gasteiger partial charge in [-0.25, -0.2) is 0 Å². The Kier molecular flexibility index (Phi) is 9.34. The zero-order valence-corrected chi connectivity index (χ0v) is 23.0. The average molecular weight is 531 g/mol. The number of hydrogen-bond acceptors (Lipinski definition) is 4. The van der Waals surface area contributed by atoms with E-state index in [1.54, 1.807) is 0 Å². The third-order valence-electron chi connectivity index (χ3n) is 7.82. The summed E-state index contributed by atoms with van der Waals surface area (Å²) in [5.41, 5.74) is 5.58. The number of para-hydroxylation sites is 1. The number of likely N-dealkylation sites (tertiary alicyclic amines) is 1. The smallest absolute Gasteiger partial charge is 0.251 e. The molecule has 0 atom stereocenters. The molecule has 2 aliphatic heterocycles. The van der Waals surface area contributed by atoms with Crippen LogP contribution in [0.15, 0.2) is 72.8 Å². The number of rotatable bonds is 10. The molecule has 38 heavy (non-hydrogen) atoms. The number of nitrogens with zero attached hydrogens (tertiary/aromatic N) is 3. The quantitative estimate of drug-likeness (QED) is 0.347. The van der Waals surface area contributed by atoms with E-state index in [0.29, 0.717) is 0 Å². The number of piperazine rings is 1. The summed E-state index contributed by atoms with van der Waals surface area (Å²) < 4.78 is 0. The zero-order valence-electron chi connectivity index (χ0n) is 22.2. The first-order valence-electron chi connectivity index (χ1n) is 14.1. The molecule has 0 saturated carbocycles. The molecule has 2 aliphatic rings. The Morgan fingerprint density at radius 2 is 1.53 bits per heavy atom. The number of anilines is 1. The molecule has 2 fully saturated rings. The molecule has 0 aliphatic carbocycles. The minimum absolute atomic E-state index is 0.0139. The van der Waals surface area contributed by atoms with Crippen LogP contribution in [0.4, 0.5) is 5.69 Å². The minimum atomic E-state index is 0.0139. The largest absolute Gasteiger partial charge is 0.368 e. The lowest BCUT2D eigenvalue weighted by atomic mass is 10.00. The van der Waals surface area contributed by atoms with Gasteiger partial charge in [0.2, 0.25) is 0 Å². The fourth-order valence-electron chi connectivity index (χ4n) is 5.59. The van der Waals surface area contributed by atoms with Gasteiger partial charge in [0.15, 0.2) is 0 Å². The highest BCUT2D eigenvalue weighted by Gasteiger charge is 2.20. The van der Waals surface area contributed by atoms with Crippen molar-refractivity contribution in [2.75, 3.05) is 63.8 Å². The molecule has 200 valence electrons. The highest BCUT2D eigenvalue weighted by atomic mass is 35.5. The van der Waals surface area contributed by atoms with Crippen LogP contribution in [0.25, 0.3) is 11.1 Å². The molecular formula is C32H39ClN4O. The van der Waals surface area contributed by atoms with Gasteiger partial charge < -0.3 is 15.1 Å². The lowest BCUT2D eigenvalue weighted by Gasteiger charge is -2.37. The van der Waals surface area contributed by atoms with E-state index in [1.165, 1.54) is 42.7 Å². The number of carbonyl (C=O) groups excluding carboxylic acids is 1. The third kappa shape index (κ3) is 7.16. The van der Waals surface area contributed by atoms with Crippen molar-refractivity contribution in [3.8, 4) is 11.1 Å². The number of halogens is 1. The summed E-state index contributed by atoms with van der Waals surface area (Å²) in [6.45, 7) is 9.34. The van der Waals surface area contributed by atoms with Gasteiger partial charge in [-0.05, 0) is 86.8 Å². The zero-order chi connectivity index (χ0) is 26.2. The molecule has 0 radical (unpaired) electrons. The van der Waals surface area contributed by atoms with Crippen molar-refractivity contribution in [3.63, 3.8) is 0 Å². The van der Waals surface area contributed by atoms with Gasteiger partial charge in [-0.3, -0.25) is 9.69 Å². The second-order valence-electron chi connectivity index (χ2n) is 10.5. The predicted molar refractivity (Wildman–Crippen MR) is 158 cm³/mol. The van der Waals surface area contributed by atoms with Crippen molar-refractivity contribution in [1.82, 2.24) is 15.1 Å². The topological polar surface area (TPSA) is 38.8 Å². The van der Waals surface area contributed by atoms with E-state index in [4.69, 9.17) is 11.6 Å². The Balaban J connectivity index is 1.16. The average Bonchev–Trinajstić information content (AvgIpc) is 3.49. The van der Waals surface area contributed by atoms with Crippen LogP contribution in [0.3, 0.4) is 0 Å². The summed E-state index contributed by atoms with van der Waals surface area (Å²) in [5, 5.41) is 3.91. The molecule has 3 aromatic rings. The molecule has 0 spiro atoms. The van der Waals surface area contributed by atoms with E-state index in [1.807, 2.05) is 30.3 Å². The predicted octanol–water partition coefficient (Wildman–Crippen LogP) is 5.59. The minimum Gasteiger partial charge on any atom is -0.368 e. The normalized spacial score (nSPS) is 16.6. The van der Waals surface area contributed by atoms with Crippen molar-refractivity contribution in [2.24, 2.45) is 0 Å². The number of nitrogens with one attached hydrogen (secondary N) is 1. The third-order valence-corrected chi connectivity index (χ3v) is 8.07. The first-order valence-corrected chi connectivity index (χ1v) is 14.5. The molecule has 5 rings (SSSR count). The first-order chi connectivity index (χ1) is 18.7. The Morgan fingerprint density at radius 1 is 0.789 bits per heavy atom. The molecule has 1 amide bonds. The van der Waals surface area contributed by atoms with Crippen LogP contribution in [0, 0.1) is 0 Å². The molecule has 3 aromatic carbocycles. The standard InChI is InChI=1S/C32H39ClN4O/c33-29-13-11-26(12-14-29)15-20-36-21-23-37(24-22-36)31-10-2-1-9-30(31)27-7-5-8-28(25-27)32(38)34-16-6-19-35-17-3-4-18-35/h1-2,5,7-14,25H,3-4,6,15-24H2,(H,34,38). The van der Waals surface area contributed by atoms with Crippen molar-refractivity contribution < 1.29 is 4.79 Å². The second-order valence-corrected chi connectivity index (χ2v) is 10.9. The highest BCUT2D eigenvalue weighted by molar-refractivity contribution is 6.30. The maximum absolute atomic E-state index is 12.9. The summed E-state index contributed by atoms with van der Waals surface area (Å²) >= 11 is 6.02. The molecular weight excluding hydrogens is 492 g/mol. The fourth-order valence-corrected chi connectivity index (χ4v) is 5.71. The maximum Gasteiger partial charge on any atom is 0.251 e. The van der Waals surface area contributed by atoms with Crippen LogP contribution < -0.4 is 10.2 Å². The van der Waals surface area contributed by atoms with E-state index in [0.717, 1.165) is 74.8 Å². The number of hydrogen-bond donors (Lipinski definition) is 1. The van der Waals surface area contributed by atoms with Crippen molar-refractivity contribution >= 4 is 23.2 Å². The lowest BCUT2D eigenvalue weighted by molar-refractivity contribution is 0.0952. The summed E-state index contributed by atoms with van der Waals surface area (Å²) in [7, 11) is 0. The van der Waals surface area contributed by atoms with Crippen LogP contribution in [0.5, 0.6) is 0 Å². The number of amides is 1. The van der Waals surface area contributed by atoms with Gasteiger partial charge in [0.1, 0.15) is 0 Å². The van der Waals surface area contributed by atoms with Gasteiger partial charge in [0.25, 0.3) is 5.91 Å². The van der Waals surface area contributed by atoms with E-state index in [9.17, 15) is 4.79 Å². The SMILES string of the molecule is O=C(NCCCN1CCCC1)c1cccc(-c2ccccc2N2CCN(CCc3ccc(Cl)cc3)CC2)c1.